The standard InChI is InChI=1S/C6H4BrNO4/c7-2-1-3(9)5(10)8-4(2)6(11)12/h1,9H,(H,8,10)(H,11,12). The van der Waals surface area contributed by atoms with E-state index in [1.54, 1.807) is 0 Å². The van der Waals surface area contributed by atoms with Gasteiger partial charge in [0, 0.05) is 6.07 Å². The maximum atomic E-state index is 10.7. The number of carboxylic acids is 1. The number of H-pyrrole nitrogens is 1. The van der Waals surface area contributed by atoms with Crippen molar-refractivity contribution in [3.05, 3.63) is 26.6 Å². The molecule has 64 valence electrons. The van der Waals surface area contributed by atoms with Crippen LogP contribution in [0.15, 0.2) is 15.3 Å². The lowest BCUT2D eigenvalue weighted by atomic mass is 10.3. The molecule has 0 aliphatic rings. The van der Waals surface area contributed by atoms with Gasteiger partial charge in [-0.2, -0.15) is 0 Å². The van der Waals surface area contributed by atoms with Gasteiger partial charge in [-0.3, -0.25) is 4.79 Å². The number of aromatic amines is 1. The van der Waals surface area contributed by atoms with Crippen LogP contribution in [0.5, 0.6) is 5.75 Å². The molecule has 1 aromatic heterocycles. The van der Waals surface area contributed by atoms with Crippen molar-refractivity contribution < 1.29 is 15.0 Å². The largest absolute Gasteiger partial charge is 0.503 e. The summed E-state index contributed by atoms with van der Waals surface area (Å²) in [6, 6.07) is 1.03. The molecule has 0 aromatic carbocycles. The van der Waals surface area contributed by atoms with Crippen LogP contribution in [0, 0.1) is 0 Å². The van der Waals surface area contributed by atoms with Gasteiger partial charge in [0.1, 0.15) is 5.69 Å². The molecule has 12 heavy (non-hydrogen) atoms. The van der Waals surface area contributed by atoms with Gasteiger partial charge in [0.25, 0.3) is 5.56 Å². The monoisotopic (exact) mass is 233 g/mol. The number of hydrogen-bond acceptors (Lipinski definition) is 3. The molecule has 0 bridgehead atoms. The smallest absolute Gasteiger partial charge is 0.353 e. The van der Waals surface area contributed by atoms with E-state index < -0.39 is 17.3 Å². The number of halogens is 1. The molecular weight excluding hydrogens is 230 g/mol. The summed E-state index contributed by atoms with van der Waals surface area (Å²) in [5, 5.41) is 17.3. The summed E-state index contributed by atoms with van der Waals surface area (Å²) in [6.45, 7) is 0. The van der Waals surface area contributed by atoms with Crippen molar-refractivity contribution in [3.63, 3.8) is 0 Å². The lowest BCUT2D eigenvalue weighted by molar-refractivity contribution is 0.0689. The number of aromatic carboxylic acids is 1. The molecule has 0 saturated heterocycles. The van der Waals surface area contributed by atoms with E-state index in [0.717, 1.165) is 6.07 Å². The molecule has 0 atom stereocenters. The van der Waals surface area contributed by atoms with Gasteiger partial charge >= 0.3 is 5.97 Å². The summed E-state index contributed by atoms with van der Waals surface area (Å²) in [6.07, 6.45) is 0. The second-order valence-electron chi connectivity index (χ2n) is 2.01. The van der Waals surface area contributed by atoms with Crippen molar-refractivity contribution in [2.75, 3.05) is 0 Å². The minimum absolute atomic E-state index is 0.132. The van der Waals surface area contributed by atoms with Gasteiger partial charge in [0.15, 0.2) is 5.75 Å². The van der Waals surface area contributed by atoms with Crippen LogP contribution in [0.2, 0.25) is 0 Å². The van der Waals surface area contributed by atoms with Crippen molar-refractivity contribution in [1.82, 2.24) is 4.98 Å². The molecular formula is C6H4BrNO4. The van der Waals surface area contributed by atoms with Crippen LogP contribution in [0.3, 0.4) is 0 Å². The Morgan fingerprint density at radius 1 is 1.58 bits per heavy atom. The average Bonchev–Trinajstić information content (AvgIpc) is 1.96. The number of rotatable bonds is 1. The number of nitrogens with one attached hydrogen (secondary N) is 1. The summed E-state index contributed by atoms with van der Waals surface area (Å²) in [4.78, 5) is 23.1. The van der Waals surface area contributed by atoms with E-state index in [4.69, 9.17) is 10.2 Å². The first-order chi connectivity index (χ1) is 5.52. The van der Waals surface area contributed by atoms with Gasteiger partial charge < -0.3 is 15.2 Å². The summed E-state index contributed by atoms with van der Waals surface area (Å²) >= 11 is 2.87. The molecule has 1 aromatic rings. The summed E-state index contributed by atoms with van der Waals surface area (Å²) < 4.78 is 0.132. The fourth-order valence-electron chi connectivity index (χ4n) is 0.651. The molecule has 0 aliphatic carbocycles. The lowest BCUT2D eigenvalue weighted by Crippen LogP contribution is -2.12. The normalized spacial score (nSPS) is 9.75. The van der Waals surface area contributed by atoms with E-state index >= 15 is 0 Å². The molecule has 0 saturated carbocycles. The SMILES string of the molecule is O=C(O)c1[nH]c(=O)c(O)cc1Br. The summed E-state index contributed by atoms with van der Waals surface area (Å²) in [7, 11) is 0. The van der Waals surface area contributed by atoms with Crippen molar-refractivity contribution in [2.45, 2.75) is 0 Å². The Kier molecular flexibility index (Phi) is 2.18. The molecule has 0 aliphatic heterocycles. The topological polar surface area (TPSA) is 90.4 Å². The molecule has 0 spiro atoms. The Hall–Kier alpha value is -1.30. The number of pyridine rings is 1. The number of aromatic nitrogens is 1. The fourth-order valence-corrected chi connectivity index (χ4v) is 1.14. The quantitative estimate of drug-likeness (QED) is 0.661. The molecule has 0 fully saturated rings. The van der Waals surface area contributed by atoms with Crippen LogP contribution in [-0.4, -0.2) is 21.2 Å². The van der Waals surface area contributed by atoms with E-state index in [9.17, 15) is 9.59 Å². The van der Waals surface area contributed by atoms with Crippen LogP contribution in [0.25, 0.3) is 0 Å². The highest BCUT2D eigenvalue weighted by molar-refractivity contribution is 9.10. The van der Waals surface area contributed by atoms with Crippen LogP contribution in [-0.2, 0) is 0 Å². The van der Waals surface area contributed by atoms with Crippen LogP contribution in [0.1, 0.15) is 10.5 Å². The first-order valence-corrected chi connectivity index (χ1v) is 3.66. The van der Waals surface area contributed by atoms with Crippen molar-refractivity contribution in [3.8, 4) is 5.75 Å². The van der Waals surface area contributed by atoms with Gasteiger partial charge in [-0.1, -0.05) is 0 Å². The first kappa shape index (κ1) is 8.79. The Bertz CT molecular complexity index is 384. The second-order valence-corrected chi connectivity index (χ2v) is 2.87. The maximum absolute atomic E-state index is 10.7. The minimum atomic E-state index is -1.26. The zero-order chi connectivity index (χ0) is 9.30. The molecule has 5 nitrogen and oxygen atoms in total. The third kappa shape index (κ3) is 1.48. The minimum Gasteiger partial charge on any atom is -0.503 e. The Morgan fingerprint density at radius 3 is 2.67 bits per heavy atom. The van der Waals surface area contributed by atoms with E-state index in [2.05, 4.69) is 15.9 Å². The molecule has 6 heteroatoms. The Labute approximate surface area is 74.8 Å². The Morgan fingerprint density at radius 2 is 2.17 bits per heavy atom. The van der Waals surface area contributed by atoms with Gasteiger partial charge in [0.05, 0.1) is 4.47 Å². The predicted molar refractivity (Wildman–Crippen MR) is 43.4 cm³/mol. The lowest BCUT2D eigenvalue weighted by Gasteiger charge is -1.97. The maximum Gasteiger partial charge on any atom is 0.353 e. The first-order valence-electron chi connectivity index (χ1n) is 2.87. The van der Waals surface area contributed by atoms with Gasteiger partial charge in [0.2, 0.25) is 0 Å². The molecule has 0 radical (unpaired) electrons. The molecule has 0 unspecified atom stereocenters. The summed E-state index contributed by atoms with van der Waals surface area (Å²) in [5.41, 5.74) is -1.10. The van der Waals surface area contributed by atoms with E-state index in [1.807, 2.05) is 4.98 Å². The number of carboxylic acid groups (broad SMARTS) is 1. The van der Waals surface area contributed by atoms with Gasteiger partial charge in [-0.15, -0.1) is 0 Å². The summed E-state index contributed by atoms with van der Waals surface area (Å²) in [5.74, 6) is -1.79. The predicted octanol–water partition coefficient (Wildman–Crippen LogP) is 0.541. The van der Waals surface area contributed by atoms with Crippen LogP contribution < -0.4 is 5.56 Å². The molecule has 1 heterocycles. The van der Waals surface area contributed by atoms with Crippen molar-refractivity contribution in [2.24, 2.45) is 0 Å². The van der Waals surface area contributed by atoms with E-state index in [-0.39, 0.29) is 10.2 Å². The highest BCUT2D eigenvalue weighted by Gasteiger charge is 2.11. The molecule has 1 rings (SSSR count). The zero-order valence-corrected chi connectivity index (χ0v) is 7.25. The van der Waals surface area contributed by atoms with Crippen LogP contribution >= 0.6 is 15.9 Å². The highest BCUT2D eigenvalue weighted by Crippen LogP contribution is 2.16. The second kappa shape index (κ2) is 2.98. The van der Waals surface area contributed by atoms with Crippen molar-refractivity contribution in [1.29, 1.82) is 0 Å². The third-order valence-corrected chi connectivity index (χ3v) is 1.81. The average molecular weight is 234 g/mol. The van der Waals surface area contributed by atoms with Crippen molar-refractivity contribution >= 4 is 21.9 Å². The highest BCUT2D eigenvalue weighted by atomic mass is 79.9. The fraction of sp³-hybridized carbons (Fsp3) is 0. The molecule has 0 amide bonds. The van der Waals surface area contributed by atoms with Gasteiger partial charge in [-0.05, 0) is 15.9 Å². The van der Waals surface area contributed by atoms with E-state index in [0.29, 0.717) is 0 Å². The number of carbonyl (C=O) groups is 1. The zero-order valence-electron chi connectivity index (χ0n) is 5.67. The number of hydrogen-bond donors (Lipinski definition) is 3. The van der Waals surface area contributed by atoms with Gasteiger partial charge in [-0.25, -0.2) is 4.79 Å². The number of aromatic hydroxyl groups is 1. The third-order valence-electron chi connectivity index (χ3n) is 1.19. The van der Waals surface area contributed by atoms with Crippen LogP contribution in [0.4, 0.5) is 0 Å². The van der Waals surface area contributed by atoms with E-state index in [1.165, 1.54) is 0 Å². The Balaban J connectivity index is 3.43. The molecule has 3 N–H and O–H groups in total.